The molecule has 0 unspecified atom stereocenters. The molecule has 0 aromatic carbocycles. The van der Waals surface area contributed by atoms with Crippen LogP contribution in [-0.2, 0) is 9.09 Å². The fourth-order valence-corrected chi connectivity index (χ4v) is 0. The van der Waals surface area contributed by atoms with E-state index >= 15 is 0 Å². The molecular weight excluding hydrogens is 146 g/mol. The summed E-state index contributed by atoms with van der Waals surface area (Å²) >= 11 is 0. The zero-order valence-electron chi connectivity index (χ0n) is 5.16. The van der Waals surface area contributed by atoms with Gasteiger partial charge >= 0.3 is 62.1 Å². The van der Waals surface area contributed by atoms with Gasteiger partial charge in [-0.25, -0.2) is 4.57 Å². The molecule has 0 aliphatic heterocycles. The fraction of sp³-hybridized carbons (Fsp3) is 1.00. The first-order chi connectivity index (χ1) is 2.56. The van der Waals surface area contributed by atoms with Gasteiger partial charge < -0.3 is 9.79 Å². The minimum atomic E-state index is -4.15. The molecule has 4 nitrogen and oxygen atoms in total. The number of hydrogen-bond donors (Lipinski definition) is 2. The molecule has 0 spiro atoms. The van der Waals surface area contributed by atoms with E-state index in [0.29, 0.717) is 0 Å². The molecule has 0 heterocycles. The first-order valence-electron chi connectivity index (χ1n) is 1.17. The first kappa shape index (κ1) is 11.5. The minimum absolute atomic E-state index is 0. The summed E-state index contributed by atoms with van der Waals surface area (Å²) in [5, 5.41) is 0. The average Bonchev–Trinajstić information content (AvgIpc) is 1.35. The van der Waals surface area contributed by atoms with Crippen molar-refractivity contribution in [1.82, 2.24) is 0 Å². The summed E-state index contributed by atoms with van der Waals surface area (Å²) in [5.74, 6) is 0. The predicted octanol–water partition coefficient (Wildman–Crippen LogP) is -0.698. The SMILES string of the molecule is COP(=O)(O)O.[H+].[H+].[KH]. The zero-order chi connectivity index (χ0) is 5.21. The Morgan fingerprint density at radius 2 is 1.86 bits per heavy atom. The van der Waals surface area contributed by atoms with Gasteiger partial charge in [0.25, 0.3) is 0 Å². The van der Waals surface area contributed by atoms with Gasteiger partial charge in [-0.15, -0.1) is 0 Å². The number of phosphoric ester groups is 1. The van der Waals surface area contributed by atoms with Crippen molar-refractivity contribution in [1.29, 1.82) is 0 Å². The quantitative estimate of drug-likeness (QED) is 0.387. The predicted molar refractivity (Wildman–Crippen MR) is 28.4 cm³/mol. The zero-order valence-corrected chi connectivity index (χ0v) is 4.05. The van der Waals surface area contributed by atoms with Gasteiger partial charge in [0.2, 0.25) is 0 Å². The van der Waals surface area contributed by atoms with Crippen molar-refractivity contribution in [2.45, 2.75) is 0 Å². The van der Waals surface area contributed by atoms with Crippen molar-refractivity contribution in [2.24, 2.45) is 0 Å². The number of hydrogen-bond acceptors (Lipinski definition) is 2. The summed E-state index contributed by atoms with van der Waals surface area (Å²) < 4.78 is 13.1. The molecule has 0 fully saturated rings. The molecule has 7 heavy (non-hydrogen) atoms. The van der Waals surface area contributed by atoms with Gasteiger partial charge in [0.05, 0.1) is 0 Å². The average molecular weight is 154 g/mol. The van der Waals surface area contributed by atoms with E-state index < -0.39 is 7.82 Å². The number of phosphoric acid groups is 1. The second-order valence-electron chi connectivity index (χ2n) is 0.673. The van der Waals surface area contributed by atoms with Crippen LogP contribution >= 0.6 is 7.82 Å². The van der Waals surface area contributed by atoms with E-state index in [0.717, 1.165) is 7.11 Å². The molecule has 0 aromatic heterocycles. The molecular formula is CH8KO4P+2. The molecule has 0 saturated heterocycles. The van der Waals surface area contributed by atoms with Gasteiger partial charge in [-0.2, -0.15) is 0 Å². The summed E-state index contributed by atoms with van der Waals surface area (Å²) in [6.07, 6.45) is 0. The van der Waals surface area contributed by atoms with E-state index in [2.05, 4.69) is 4.52 Å². The van der Waals surface area contributed by atoms with Crippen LogP contribution in [-0.4, -0.2) is 68.3 Å². The van der Waals surface area contributed by atoms with Crippen LogP contribution < -0.4 is 0 Å². The molecule has 6 heteroatoms. The van der Waals surface area contributed by atoms with Crippen molar-refractivity contribution in [3.8, 4) is 0 Å². The van der Waals surface area contributed by atoms with Crippen molar-refractivity contribution in [3.63, 3.8) is 0 Å². The Kier molecular flexibility index (Phi) is 7.59. The van der Waals surface area contributed by atoms with Crippen LogP contribution in [0.4, 0.5) is 0 Å². The molecule has 0 aliphatic rings. The van der Waals surface area contributed by atoms with E-state index in [9.17, 15) is 4.57 Å². The van der Waals surface area contributed by atoms with E-state index in [-0.39, 0.29) is 54.2 Å². The van der Waals surface area contributed by atoms with E-state index in [1.807, 2.05) is 0 Å². The third-order valence-corrected chi connectivity index (χ3v) is 0.714. The standard InChI is InChI=1S/CH5O4P.K.H/c1-5-6(2,3)4;;/h1H3,(H2,2,3,4);;/p+2. The Labute approximate surface area is 86.9 Å². The fourth-order valence-electron chi connectivity index (χ4n) is 0. The van der Waals surface area contributed by atoms with E-state index in [4.69, 9.17) is 9.79 Å². The second-order valence-corrected chi connectivity index (χ2v) is 2.02. The van der Waals surface area contributed by atoms with Gasteiger partial charge in [0, 0.05) is 7.11 Å². The van der Waals surface area contributed by atoms with Gasteiger partial charge in [-0.3, -0.25) is 4.52 Å². The summed E-state index contributed by atoms with van der Waals surface area (Å²) in [6, 6.07) is 0. The Morgan fingerprint density at radius 3 is 1.86 bits per heavy atom. The van der Waals surface area contributed by atoms with Crippen molar-refractivity contribution >= 4 is 59.2 Å². The summed E-state index contributed by atoms with van der Waals surface area (Å²) in [6.45, 7) is 0. The molecule has 0 rings (SSSR count). The molecule has 0 amide bonds. The molecule has 0 bridgehead atoms. The van der Waals surface area contributed by atoms with Gasteiger partial charge in [0.15, 0.2) is 0 Å². The van der Waals surface area contributed by atoms with Crippen molar-refractivity contribution in [2.75, 3.05) is 7.11 Å². The van der Waals surface area contributed by atoms with Crippen molar-refractivity contribution in [3.05, 3.63) is 0 Å². The second kappa shape index (κ2) is 4.61. The topological polar surface area (TPSA) is 66.8 Å². The molecule has 40 valence electrons. The van der Waals surface area contributed by atoms with Gasteiger partial charge in [-0.1, -0.05) is 0 Å². The van der Waals surface area contributed by atoms with Gasteiger partial charge in [-0.05, 0) is 0 Å². The molecule has 0 aliphatic carbocycles. The van der Waals surface area contributed by atoms with Crippen LogP contribution in [0.25, 0.3) is 0 Å². The summed E-state index contributed by atoms with van der Waals surface area (Å²) in [7, 11) is -3.20. The maximum atomic E-state index is 9.47. The van der Waals surface area contributed by atoms with Crippen LogP contribution in [0.3, 0.4) is 0 Å². The first-order valence-corrected chi connectivity index (χ1v) is 2.70. The monoisotopic (exact) mass is 154 g/mol. The molecule has 0 aromatic rings. The van der Waals surface area contributed by atoms with Crippen molar-refractivity contribution < 1.29 is 21.7 Å². The Hall–Kier alpha value is 1.75. The van der Waals surface area contributed by atoms with Gasteiger partial charge in [0.1, 0.15) is 0 Å². The molecule has 0 atom stereocenters. The summed E-state index contributed by atoms with van der Waals surface area (Å²) in [5.41, 5.74) is 0. The van der Waals surface area contributed by atoms with Crippen LogP contribution in [0.15, 0.2) is 0 Å². The third-order valence-electron chi connectivity index (χ3n) is 0.238. The summed E-state index contributed by atoms with van der Waals surface area (Å²) in [4.78, 5) is 15.4. The Balaban J connectivity index is -0.0000000417. The molecule has 0 saturated carbocycles. The number of rotatable bonds is 1. The Bertz CT molecular complexity index is 82.6. The van der Waals surface area contributed by atoms with Crippen LogP contribution in [0.2, 0.25) is 0 Å². The van der Waals surface area contributed by atoms with Crippen LogP contribution in [0.5, 0.6) is 0 Å². The Morgan fingerprint density at radius 1 is 1.71 bits per heavy atom. The maximum absolute atomic E-state index is 9.47. The van der Waals surface area contributed by atoms with E-state index in [1.165, 1.54) is 0 Å². The normalized spacial score (nSPS) is 10.1. The van der Waals surface area contributed by atoms with E-state index in [1.54, 1.807) is 0 Å². The van der Waals surface area contributed by atoms with Crippen LogP contribution in [0, 0.1) is 0 Å². The van der Waals surface area contributed by atoms with Crippen LogP contribution in [0.1, 0.15) is 2.85 Å². The molecule has 0 radical (unpaired) electrons. The molecule has 2 N–H and O–H groups in total. The third kappa shape index (κ3) is 11.4.